The Morgan fingerprint density at radius 1 is 1.43 bits per heavy atom. The molecule has 0 radical (unpaired) electrons. The van der Waals surface area contributed by atoms with Crippen molar-refractivity contribution >= 4 is 12.0 Å². The second-order valence-electron chi connectivity index (χ2n) is 6.75. The zero-order chi connectivity index (χ0) is 16.2. The number of likely N-dealkylation sites (tertiary alicyclic amines) is 1. The molecule has 0 aromatic rings. The fourth-order valence-corrected chi connectivity index (χ4v) is 2.45. The summed E-state index contributed by atoms with van der Waals surface area (Å²) in [7, 11) is 0. The van der Waals surface area contributed by atoms with E-state index in [4.69, 9.17) is 10.5 Å². The molecule has 1 saturated heterocycles. The van der Waals surface area contributed by atoms with Gasteiger partial charge in [0.05, 0.1) is 6.04 Å². The number of ether oxygens (including phenoxy) is 1. The third-order valence-corrected chi connectivity index (χ3v) is 3.50. The van der Waals surface area contributed by atoms with Crippen molar-refractivity contribution in [2.75, 3.05) is 26.2 Å². The number of hydrogen-bond donors (Lipinski definition) is 1. The molecule has 0 unspecified atom stereocenters. The maximum absolute atomic E-state index is 12.0. The van der Waals surface area contributed by atoms with E-state index in [1.165, 1.54) is 0 Å². The maximum Gasteiger partial charge on any atom is 0.410 e. The normalized spacial score (nSPS) is 20.3. The highest BCUT2D eigenvalue weighted by Crippen LogP contribution is 2.20. The van der Waals surface area contributed by atoms with Gasteiger partial charge in [0, 0.05) is 26.2 Å². The van der Waals surface area contributed by atoms with Crippen molar-refractivity contribution in [1.29, 1.82) is 0 Å². The van der Waals surface area contributed by atoms with Crippen molar-refractivity contribution in [3.8, 4) is 0 Å². The molecule has 21 heavy (non-hydrogen) atoms. The van der Waals surface area contributed by atoms with E-state index in [9.17, 15) is 9.59 Å². The first kappa shape index (κ1) is 17.8. The second kappa shape index (κ2) is 7.11. The van der Waals surface area contributed by atoms with Crippen LogP contribution in [-0.2, 0) is 9.53 Å². The van der Waals surface area contributed by atoms with Gasteiger partial charge in [-0.2, -0.15) is 0 Å². The first-order valence-electron chi connectivity index (χ1n) is 7.66. The van der Waals surface area contributed by atoms with Crippen LogP contribution in [0.4, 0.5) is 4.79 Å². The lowest BCUT2D eigenvalue weighted by molar-refractivity contribution is -0.132. The molecule has 1 aliphatic rings. The van der Waals surface area contributed by atoms with Crippen LogP contribution in [0.3, 0.4) is 0 Å². The Kier molecular flexibility index (Phi) is 6.01. The third kappa shape index (κ3) is 5.53. The predicted molar refractivity (Wildman–Crippen MR) is 81.8 cm³/mol. The molecule has 0 spiro atoms. The molecule has 0 aliphatic carbocycles. The quantitative estimate of drug-likeness (QED) is 0.852. The number of amides is 2. The largest absolute Gasteiger partial charge is 0.444 e. The zero-order valence-electron chi connectivity index (χ0n) is 13.9. The zero-order valence-corrected chi connectivity index (χ0v) is 13.9. The lowest BCUT2D eigenvalue weighted by Gasteiger charge is -2.27. The average Bonchev–Trinajstić information content (AvgIpc) is 2.81. The van der Waals surface area contributed by atoms with Crippen molar-refractivity contribution in [2.45, 2.75) is 52.7 Å². The molecule has 2 atom stereocenters. The van der Waals surface area contributed by atoms with E-state index < -0.39 is 11.6 Å². The molecule has 0 bridgehead atoms. The van der Waals surface area contributed by atoms with Gasteiger partial charge in [0.2, 0.25) is 5.91 Å². The van der Waals surface area contributed by atoms with E-state index in [1.54, 1.807) is 16.7 Å². The van der Waals surface area contributed by atoms with Gasteiger partial charge >= 0.3 is 6.09 Å². The van der Waals surface area contributed by atoms with Crippen molar-refractivity contribution in [3.05, 3.63) is 0 Å². The molecule has 1 rings (SSSR count). The van der Waals surface area contributed by atoms with Crippen LogP contribution in [0.15, 0.2) is 0 Å². The van der Waals surface area contributed by atoms with Gasteiger partial charge in [-0.3, -0.25) is 4.79 Å². The van der Waals surface area contributed by atoms with Crippen molar-refractivity contribution in [3.63, 3.8) is 0 Å². The monoisotopic (exact) mass is 299 g/mol. The smallest absolute Gasteiger partial charge is 0.410 e. The summed E-state index contributed by atoms with van der Waals surface area (Å²) in [5.41, 5.74) is 5.18. The first-order chi connectivity index (χ1) is 9.64. The lowest BCUT2D eigenvalue weighted by atomic mass is 10.1. The summed E-state index contributed by atoms with van der Waals surface area (Å²) in [6.45, 7) is 11.8. The summed E-state index contributed by atoms with van der Waals surface area (Å²) < 4.78 is 5.37. The highest BCUT2D eigenvalue weighted by molar-refractivity contribution is 5.81. The van der Waals surface area contributed by atoms with Crippen molar-refractivity contribution < 1.29 is 14.3 Å². The number of hydrogen-bond acceptors (Lipinski definition) is 4. The Bertz CT molecular complexity index is 377. The van der Waals surface area contributed by atoms with E-state index in [2.05, 4.69) is 0 Å². The van der Waals surface area contributed by atoms with E-state index in [1.807, 2.05) is 27.7 Å². The molecule has 6 nitrogen and oxygen atoms in total. The molecular formula is C15H29N3O3. The Labute approximate surface area is 127 Å². The highest BCUT2D eigenvalue weighted by atomic mass is 16.6. The van der Waals surface area contributed by atoms with E-state index >= 15 is 0 Å². The molecule has 2 amide bonds. The van der Waals surface area contributed by atoms with E-state index in [0.29, 0.717) is 32.1 Å². The molecule has 1 heterocycles. The summed E-state index contributed by atoms with van der Waals surface area (Å²) in [6, 6.07) is -0.478. The van der Waals surface area contributed by atoms with Crippen LogP contribution in [0, 0.1) is 5.92 Å². The number of carbonyl (C=O) groups is 2. The van der Waals surface area contributed by atoms with Crippen LogP contribution in [0.2, 0.25) is 0 Å². The molecule has 1 fully saturated rings. The molecule has 122 valence electrons. The number of nitrogens with zero attached hydrogens (tertiary/aromatic N) is 2. The minimum absolute atomic E-state index is 0.0341. The Morgan fingerprint density at radius 2 is 2.05 bits per heavy atom. The SMILES string of the molecule is CCN(C[C@@H]1CCN(C(=O)OC(C)(C)C)C1)C(=O)[C@H](C)N. The fourth-order valence-electron chi connectivity index (χ4n) is 2.45. The summed E-state index contributed by atoms with van der Waals surface area (Å²) in [4.78, 5) is 27.5. The standard InChI is InChI=1S/C15H29N3O3/c1-6-17(13(19)11(2)16)9-12-7-8-18(10-12)14(20)21-15(3,4)5/h11-12H,6-10,16H2,1-5H3/t11-,12-/m0/s1. The minimum Gasteiger partial charge on any atom is -0.444 e. The van der Waals surface area contributed by atoms with Gasteiger partial charge in [0.25, 0.3) is 0 Å². The topological polar surface area (TPSA) is 75.9 Å². The molecular weight excluding hydrogens is 270 g/mol. The Hall–Kier alpha value is -1.30. The van der Waals surface area contributed by atoms with Gasteiger partial charge in [-0.05, 0) is 47.0 Å². The van der Waals surface area contributed by atoms with Crippen molar-refractivity contribution in [1.82, 2.24) is 9.80 Å². The number of carbonyl (C=O) groups excluding carboxylic acids is 2. The van der Waals surface area contributed by atoms with Crippen LogP contribution in [0.5, 0.6) is 0 Å². The van der Waals surface area contributed by atoms with Gasteiger partial charge in [-0.25, -0.2) is 4.79 Å². The van der Waals surface area contributed by atoms with E-state index in [-0.39, 0.29) is 12.0 Å². The van der Waals surface area contributed by atoms with Gasteiger partial charge < -0.3 is 20.3 Å². The van der Waals surface area contributed by atoms with E-state index in [0.717, 1.165) is 6.42 Å². The number of nitrogens with two attached hydrogens (primary N) is 1. The first-order valence-corrected chi connectivity index (χ1v) is 7.66. The van der Waals surface area contributed by atoms with Crippen molar-refractivity contribution in [2.24, 2.45) is 11.7 Å². The van der Waals surface area contributed by atoms with Gasteiger partial charge in [0.15, 0.2) is 0 Å². The molecule has 6 heteroatoms. The molecule has 0 aromatic carbocycles. The molecule has 0 saturated carbocycles. The van der Waals surface area contributed by atoms with Crippen LogP contribution < -0.4 is 5.73 Å². The molecule has 0 aromatic heterocycles. The van der Waals surface area contributed by atoms with Gasteiger partial charge in [0.1, 0.15) is 5.60 Å². The Balaban J connectivity index is 2.50. The maximum atomic E-state index is 12.0. The predicted octanol–water partition coefficient (Wildman–Crippen LogP) is 1.44. The van der Waals surface area contributed by atoms with Crippen LogP contribution in [-0.4, -0.2) is 59.6 Å². The van der Waals surface area contributed by atoms with Crippen LogP contribution in [0.1, 0.15) is 41.0 Å². The summed E-state index contributed by atoms with van der Waals surface area (Å²) in [5.74, 6) is 0.258. The van der Waals surface area contributed by atoms with Gasteiger partial charge in [-0.15, -0.1) is 0 Å². The summed E-state index contributed by atoms with van der Waals surface area (Å²) in [5, 5.41) is 0. The van der Waals surface area contributed by atoms with Gasteiger partial charge in [-0.1, -0.05) is 0 Å². The molecule has 1 aliphatic heterocycles. The number of rotatable bonds is 4. The third-order valence-electron chi connectivity index (χ3n) is 3.50. The highest BCUT2D eigenvalue weighted by Gasteiger charge is 2.31. The molecule has 2 N–H and O–H groups in total. The fraction of sp³-hybridized carbons (Fsp3) is 0.867. The summed E-state index contributed by atoms with van der Waals surface area (Å²) >= 11 is 0. The average molecular weight is 299 g/mol. The lowest BCUT2D eigenvalue weighted by Crippen LogP contribution is -2.44. The minimum atomic E-state index is -0.478. The Morgan fingerprint density at radius 3 is 2.52 bits per heavy atom. The number of likely N-dealkylation sites (N-methyl/N-ethyl adjacent to an activating group) is 1. The van der Waals surface area contributed by atoms with Crippen LogP contribution in [0.25, 0.3) is 0 Å². The summed E-state index contributed by atoms with van der Waals surface area (Å²) in [6.07, 6.45) is 0.619. The second-order valence-corrected chi connectivity index (χ2v) is 6.75. The van der Waals surface area contributed by atoms with Crippen LogP contribution >= 0.6 is 0 Å².